The summed E-state index contributed by atoms with van der Waals surface area (Å²) in [6.07, 6.45) is 0.116. The van der Waals surface area contributed by atoms with Gasteiger partial charge in [0, 0.05) is 17.4 Å². The van der Waals surface area contributed by atoms with E-state index in [2.05, 4.69) is 20.0 Å². The van der Waals surface area contributed by atoms with E-state index >= 15 is 0 Å². The molecule has 0 unspecified atom stereocenters. The highest BCUT2D eigenvalue weighted by Gasteiger charge is 2.29. The van der Waals surface area contributed by atoms with Gasteiger partial charge in [-0.25, -0.2) is 19.1 Å². The van der Waals surface area contributed by atoms with Gasteiger partial charge in [0.2, 0.25) is 11.8 Å². The van der Waals surface area contributed by atoms with E-state index in [4.69, 9.17) is 4.74 Å². The monoisotopic (exact) mass is 494 g/mol. The average molecular weight is 495 g/mol. The van der Waals surface area contributed by atoms with E-state index in [0.717, 1.165) is 21.5 Å². The summed E-state index contributed by atoms with van der Waals surface area (Å²) >= 11 is 1.04. The quantitative estimate of drug-likeness (QED) is 0.320. The molecule has 2 heterocycles. The number of thiazole rings is 1. The highest BCUT2D eigenvalue weighted by molar-refractivity contribution is 7.14. The minimum Gasteiger partial charge on any atom is -0.497 e. The molecule has 3 N–H and O–H groups in total. The third-order valence-electron chi connectivity index (χ3n) is 5.28. The van der Waals surface area contributed by atoms with Crippen molar-refractivity contribution >= 4 is 28.3 Å². The molecule has 0 saturated heterocycles. The van der Waals surface area contributed by atoms with Gasteiger partial charge in [-0.15, -0.1) is 11.3 Å². The van der Waals surface area contributed by atoms with Gasteiger partial charge in [-0.2, -0.15) is 0 Å². The molecule has 0 bridgehead atoms. The first-order chi connectivity index (χ1) is 16.9. The number of methoxy groups -OCH3 is 2. The van der Waals surface area contributed by atoms with Crippen LogP contribution in [0.5, 0.6) is 11.6 Å². The Balaban J connectivity index is 1.72. The molecule has 11 heteroatoms. The second kappa shape index (κ2) is 10.3. The summed E-state index contributed by atoms with van der Waals surface area (Å²) in [7, 11) is 2.74. The third kappa shape index (κ3) is 5.09. The number of carbonyl (C=O) groups is 2. The SMILES string of the molecule is COC(=O)c1csc(NC(=O)[C@H](Cc2ccccc2)n2c(O)c(-c3cccc(OC)c3)[nH]c2=O)n1. The zero-order valence-corrected chi connectivity index (χ0v) is 19.7. The van der Waals surface area contributed by atoms with Gasteiger partial charge in [0.25, 0.3) is 0 Å². The molecule has 180 valence electrons. The molecule has 0 aliphatic rings. The molecule has 2 aromatic heterocycles. The number of aromatic amines is 1. The Hall–Kier alpha value is -4.38. The van der Waals surface area contributed by atoms with Crippen molar-refractivity contribution in [3.05, 3.63) is 81.7 Å². The zero-order valence-electron chi connectivity index (χ0n) is 18.8. The first-order valence-corrected chi connectivity index (χ1v) is 11.4. The van der Waals surface area contributed by atoms with E-state index in [-0.39, 0.29) is 22.9 Å². The molecule has 0 aliphatic heterocycles. The van der Waals surface area contributed by atoms with Gasteiger partial charge in [0.15, 0.2) is 10.8 Å². The van der Waals surface area contributed by atoms with Gasteiger partial charge >= 0.3 is 11.7 Å². The van der Waals surface area contributed by atoms with Crippen molar-refractivity contribution in [1.29, 1.82) is 0 Å². The largest absolute Gasteiger partial charge is 0.497 e. The fourth-order valence-corrected chi connectivity index (χ4v) is 4.25. The lowest BCUT2D eigenvalue weighted by Crippen LogP contribution is -2.33. The second-order valence-electron chi connectivity index (χ2n) is 7.45. The summed E-state index contributed by atoms with van der Waals surface area (Å²) in [6, 6.07) is 14.8. The van der Waals surface area contributed by atoms with Gasteiger partial charge < -0.3 is 24.9 Å². The molecule has 10 nitrogen and oxygen atoms in total. The lowest BCUT2D eigenvalue weighted by Gasteiger charge is -2.18. The van der Waals surface area contributed by atoms with Crippen LogP contribution < -0.4 is 15.7 Å². The van der Waals surface area contributed by atoms with Gasteiger partial charge in [0.1, 0.15) is 17.5 Å². The molecule has 35 heavy (non-hydrogen) atoms. The Labute approximate surface area is 203 Å². The van der Waals surface area contributed by atoms with Crippen LogP contribution in [0.25, 0.3) is 11.3 Å². The molecule has 0 saturated carbocycles. The van der Waals surface area contributed by atoms with Crippen LogP contribution >= 0.6 is 11.3 Å². The summed E-state index contributed by atoms with van der Waals surface area (Å²) in [5.41, 5.74) is 0.832. The topological polar surface area (TPSA) is 136 Å². The Morgan fingerprint density at radius 2 is 1.94 bits per heavy atom. The van der Waals surface area contributed by atoms with Crippen LogP contribution in [0.3, 0.4) is 0 Å². The Bertz CT molecular complexity index is 1410. The average Bonchev–Trinajstić information content (AvgIpc) is 3.46. The first kappa shape index (κ1) is 23.8. The third-order valence-corrected chi connectivity index (χ3v) is 6.03. The lowest BCUT2D eigenvalue weighted by atomic mass is 10.0. The Kier molecular flexibility index (Phi) is 6.97. The maximum atomic E-state index is 13.4. The summed E-state index contributed by atoms with van der Waals surface area (Å²) < 4.78 is 10.9. The first-order valence-electron chi connectivity index (χ1n) is 10.5. The van der Waals surface area contributed by atoms with Gasteiger partial charge in [0.05, 0.1) is 14.2 Å². The second-order valence-corrected chi connectivity index (χ2v) is 8.31. The van der Waals surface area contributed by atoms with Crippen molar-refractivity contribution in [3.63, 3.8) is 0 Å². The van der Waals surface area contributed by atoms with Crippen molar-refractivity contribution in [1.82, 2.24) is 14.5 Å². The summed E-state index contributed by atoms with van der Waals surface area (Å²) in [4.78, 5) is 44.7. The number of amides is 1. The minimum absolute atomic E-state index is 0.0504. The van der Waals surface area contributed by atoms with Crippen molar-refractivity contribution in [2.24, 2.45) is 0 Å². The minimum atomic E-state index is -1.12. The summed E-state index contributed by atoms with van der Waals surface area (Å²) in [6.45, 7) is 0. The molecule has 4 rings (SSSR count). The maximum absolute atomic E-state index is 13.4. The van der Waals surface area contributed by atoms with E-state index < -0.39 is 29.5 Å². The van der Waals surface area contributed by atoms with E-state index in [1.165, 1.54) is 19.6 Å². The van der Waals surface area contributed by atoms with E-state index in [1.807, 2.05) is 30.3 Å². The molecule has 0 spiro atoms. The number of ether oxygens (including phenoxy) is 2. The number of rotatable bonds is 8. The van der Waals surface area contributed by atoms with Crippen LogP contribution in [0.4, 0.5) is 5.13 Å². The van der Waals surface area contributed by atoms with Gasteiger partial charge in [-0.3, -0.25) is 4.79 Å². The predicted octanol–water partition coefficient (Wildman–Crippen LogP) is 3.22. The number of nitrogens with one attached hydrogen (secondary N) is 2. The molecule has 0 aliphatic carbocycles. The van der Waals surface area contributed by atoms with Crippen LogP contribution in [0.15, 0.2) is 64.8 Å². The highest BCUT2D eigenvalue weighted by atomic mass is 32.1. The molecule has 0 radical (unpaired) electrons. The fourth-order valence-electron chi connectivity index (χ4n) is 3.57. The molecular weight excluding hydrogens is 472 g/mol. The van der Waals surface area contributed by atoms with Crippen LogP contribution in [0.2, 0.25) is 0 Å². The van der Waals surface area contributed by atoms with E-state index in [0.29, 0.717) is 11.3 Å². The van der Waals surface area contributed by atoms with Gasteiger partial charge in [-0.05, 0) is 17.7 Å². The van der Waals surface area contributed by atoms with Crippen LogP contribution in [0.1, 0.15) is 22.1 Å². The van der Waals surface area contributed by atoms with Crippen molar-refractivity contribution in [2.75, 3.05) is 19.5 Å². The number of aromatic hydroxyl groups is 1. The number of anilines is 1. The number of carbonyl (C=O) groups excluding carboxylic acids is 2. The molecule has 1 amide bonds. The fraction of sp³-hybridized carbons (Fsp3) is 0.167. The number of hydrogen-bond donors (Lipinski definition) is 3. The standard InChI is InChI=1S/C24H22N4O6S/c1-33-16-10-6-9-15(12-16)19-21(30)28(24(32)26-19)18(11-14-7-4-3-5-8-14)20(29)27-23-25-17(13-35-23)22(31)34-2/h3-10,12-13,18,30H,11H2,1-2H3,(H,26,32)(H,25,27,29)/t18-/m0/s1. The number of hydrogen-bond acceptors (Lipinski definition) is 8. The maximum Gasteiger partial charge on any atom is 0.357 e. The number of benzene rings is 2. The van der Waals surface area contributed by atoms with E-state index in [1.54, 1.807) is 24.3 Å². The molecular formula is C24H22N4O6S. The molecule has 0 fully saturated rings. The molecule has 1 atom stereocenters. The van der Waals surface area contributed by atoms with Crippen molar-refractivity contribution in [3.8, 4) is 22.9 Å². The number of H-pyrrole nitrogens is 1. The zero-order chi connectivity index (χ0) is 24.9. The van der Waals surface area contributed by atoms with Crippen LogP contribution in [-0.4, -0.2) is 45.7 Å². The number of esters is 1. The van der Waals surface area contributed by atoms with Crippen molar-refractivity contribution in [2.45, 2.75) is 12.5 Å². The number of aromatic nitrogens is 3. The van der Waals surface area contributed by atoms with E-state index in [9.17, 15) is 19.5 Å². The Morgan fingerprint density at radius 3 is 2.66 bits per heavy atom. The van der Waals surface area contributed by atoms with Crippen molar-refractivity contribution < 1.29 is 24.2 Å². The number of nitrogens with zero attached hydrogens (tertiary/aromatic N) is 2. The normalized spacial score (nSPS) is 11.6. The van der Waals surface area contributed by atoms with Gasteiger partial charge in [-0.1, -0.05) is 42.5 Å². The molecule has 2 aromatic carbocycles. The predicted molar refractivity (Wildman–Crippen MR) is 130 cm³/mol. The summed E-state index contributed by atoms with van der Waals surface area (Å²) in [5, 5.41) is 15.3. The summed E-state index contributed by atoms with van der Waals surface area (Å²) in [5.74, 6) is -1.08. The lowest BCUT2D eigenvalue weighted by molar-refractivity contribution is -0.119. The highest BCUT2D eigenvalue weighted by Crippen LogP contribution is 2.31. The Morgan fingerprint density at radius 1 is 1.17 bits per heavy atom. The smallest absolute Gasteiger partial charge is 0.357 e. The molecule has 4 aromatic rings. The van der Waals surface area contributed by atoms with Crippen LogP contribution in [0, 0.1) is 0 Å². The van der Waals surface area contributed by atoms with Crippen LogP contribution in [-0.2, 0) is 16.0 Å². The number of imidazole rings is 1.